The van der Waals surface area contributed by atoms with E-state index in [1.165, 1.54) is 30.3 Å². The number of ether oxygens (including phenoxy) is 1. The molecule has 2 aromatic carbocycles. The molecule has 0 saturated heterocycles. The van der Waals surface area contributed by atoms with E-state index in [1.807, 2.05) is 0 Å². The zero-order valence-corrected chi connectivity index (χ0v) is 10.1. The Labute approximate surface area is 113 Å². The molecule has 0 heterocycles. The van der Waals surface area contributed by atoms with Gasteiger partial charge >= 0.3 is 6.61 Å². The SMILES string of the molecule is N#Cc1ccc(Nc2ccccc2OC(F)F)c(F)c1. The number of alkyl halides is 2. The van der Waals surface area contributed by atoms with Gasteiger partial charge in [-0.2, -0.15) is 14.0 Å². The minimum absolute atomic E-state index is 0.0642. The van der Waals surface area contributed by atoms with Crippen molar-refractivity contribution in [1.29, 1.82) is 5.26 Å². The van der Waals surface area contributed by atoms with E-state index in [9.17, 15) is 13.2 Å². The standard InChI is InChI=1S/C14H9F3N2O/c15-10-7-9(8-18)5-6-11(10)19-12-3-1-2-4-13(12)20-14(16)17/h1-7,14,19H. The lowest BCUT2D eigenvalue weighted by Crippen LogP contribution is -2.04. The normalized spacial score (nSPS) is 10.2. The number of nitriles is 1. The van der Waals surface area contributed by atoms with Crippen LogP contribution in [0.3, 0.4) is 0 Å². The first kappa shape index (κ1) is 13.7. The Morgan fingerprint density at radius 1 is 1.10 bits per heavy atom. The summed E-state index contributed by atoms with van der Waals surface area (Å²) in [6.07, 6.45) is 0. The summed E-state index contributed by atoms with van der Waals surface area (Å²) in [6.45, 7) is -2.97. The molecule has 0 atom stereocenters. The average molecular weight is 278 g/mol. The fourth-order valence-electron chi connectivity index (χ4n) is 1.60. The monoisotopic (exact) mass is 278 g/mol. The first-order chi connectivity index (χ1) is 9.60. The van der Waals surface area contributed by atoms with Gasteiger partial charge in [-0.05, 0) is 30.3 Å². The Bertz CT molecular complexity index is 653. The molecule has 0 spiro atoms. The molecule has 6 heteroatoms. The summed E-state index contributed by atoms with van der Waals surface area (Å²) in [5, 5.41) is 11.3. The third-order valence-electron chi connectivity index (χ3n) is 2.47. The van der Waals surface area contributed by atoms with Gasteiger partial charge in [0.2, 0.25) is 0 Å². The molecule has 2 aromatic rings. The van der Waals surface area contributed by atoms with Crippen molar-refractivity contribution in [2.45, 2.75) is 6.61 Å². The smallest absolute Gasteiger partial charge is 0.387 e. The molecule has 0 saturated carbocycles. The van der Waals surface area contributed by atoms with Crippen LogP contribution < -0.4 is 10.1 Å². The fourth-order valence-corrected chi connectivity index (χ4v) is 1.60. The summed E-state index contributed by atoms with van der Waals surface area (Å²) in [4.78, 5) is 0. The van der Waals surface area contributed by atoms with Gasteiger partial charge in [0.15, 0.2) is 0 Å². The molecule has 0 radical (unpaired) electrons. The molecule has 0 aliphatic heterocycles. The van der Waals surface area contributed by atoms with Gasteiger partial charge in [0, 0.05) is 0 Å². The van der Waals surface area contributed by atoms with Crippen LogP contribution in [0.15, 0.2) is 42.5 Å². The predicted molar refractivity (Wildman–Crippen MR) is 67.5 cm³/mol. The van der Waals surface area contributed by atoms with E-state index in [-0.39, 0.29) is 22.7 Å². The third-order valence-corrected chi connectivity index (χ3v) is 2.47. The summed E-state index contributed by atoms with van der Waals surface area (Å²) in [5.74, 6) is -0.748. The lowest BCUT2D eigenvalue weighted by Gasteiger charge is -2.13. The number of hydrogen-bond acceptors (Lipinski definition) is 3. The molecule has 3 nitrogen and oxygen atoms in total. The molecular weight excluding hydrogens is 269 g/mol. The minimum atomic E-state index is -2.97. The number of anilines is 2. The van der Waals surface area contributed by atoms with E-state index in [2.05, 4.69) is 10.1 Å². The second-order valence-electron chi connectivity index (χ2n) is 3.81. The molecule has 0 unspecified atom stereocenters. The number of benzene rings is 2. The molecule has 20 heavy (non-hydrogen) atoms. The van der Waals surface area contributed by atoms with Crippen molar-refractivity contribution in [1.82, 2.24) is 0 Å². The van der Waals surface area contributed by atoms with E-state index in [4.69, 9.17) is 5.26 Å². The van der Waals surface area contributed by atoms with Gasteiger partial charge in [-0.25, -0.2) is 4.39 Å². The maximum atomic E-state index is 13.7. The number of rotatable bonds is 4. The van der Waals surface area contributed by atoms with Crippen LogP contribution in [0.25, 0.3) is 0 Å². The van der Waals surface area contributed by atoms with E-state index < -0.39 is 12.4 Å². The van der Waals surface area contributed by atoms with Crippen LogP contribution in [-0.4, -0.2) is 6.61 Å². The predicted octanol–water partition coefficient (Wildman–Crippen LogP) is 4.04. The van der Waals surface area contributed by atoms with Crippen LogP contribution in [0.2, 0.25) is 0 Å². The van der Waals surface area contributed by atoms with Crippen molar-refractivity contribution in [2.75, 3.05) is 5.32 Å². The maximum absolute atomic E-state index is 13.7. The topological polar surface area (TPSA) is 45.0 Å². The zero-order chi connectivity index (χ0) is 14.5. The van der Waals surface area contributed by atoms with E-state index >= 15 is 0 Å². The van der Waals surface area contributed by atoms with Crippen LogP contribution >= 0.6 is 0 Å². The summed E-state index contributed by atoms with van der Waals surface area (Å²) in [5.41, 5.74) is 0.441. The molecule has 0 aliphatic rings. The Morgan fingerprint density at radius 3 is 2.50 bits per heavy atom. The summed E-state index contributed by atoms with van der Waals surface area (Å²) in [6, 6.07) is 11.6. The largest absolute Gasteiger partial charge is 0.433 e. The van der Waals surface area contributed by atoms with Crippen molar-refractivity contribution in [3.05, 3.63) is 53.8 Å². The number of nitrogens with zero attached hydrogens (tertiary/aromatic N) is 1. The van der Waals surface area contributed by atoms with Gasteiger partial charge in [0.05, 0.1) is 23.0 Å². The maximum Gasteiger partial charge on any atom is 0.387 e. The fraction of sp³-hybridized carbons (Fsp3) is 0.0714. The van der Waals surface area contributed by atoms with Gasteiger partial charge in [-0.15, -0.1) is 0 Å². The first-order valence-corrected chi connectivity index (χ1v) is 5.60. The average Bonchev–Trinajstić information content (AvgIpc) is 2.42. The van der Waals surface area contributed by atoms with Crippen LogP contribution in [0.5, 0.6) is 5.75 Å². The Morgan fingerprint density at radius 2 is 1.85 bits per heavy atom. The highest BCUT2D eigenvalue weighted by Gasteiger charge is 2.11. The van der Waals surface area contributed by atoms with Crippen LogP contribution in [-0.2, 0) is 0 Å². The summed E-state index contributed by atoms with van der Waals surface area (Å²) < 4.78 is 42.6. The first-order valence-electron chi connectivity index (χ1n) is 5.60. The Hall–Kier alpha value is -2.68. The summed E-state index contributed by atoms with van der Waals surface area (Å²) >= 11 is 0. The molecule has 0 aliphatic carbocycles. The molecule has 2 rings (SSSR count). The number of halogens is 3. The molecule has 0 aromatic heterocycles. The molecule has 0 bridgehead atoms. The molecule has 1 N–H and O–H groups in total. The molecule has 0 amide bonds. The minimum Gasteiger partial charge on any atom is -0.433 e. The summed E-state index contributed by atoms with van der Waals surface area (Å²) in [7, 11) is 0. The van der Waals surface area contributed by atoms with Crippen LogP contribution in [0, 0.1) is 17.1 Å². The lowest BCUT2D eigenvalue weighted by atomic mass is 10.2. The highest BCUT2D eigenvalue weighted by molar-refractivity contribution is 5.67. The highest BCUT2D eigenvalue weighted by Crippen LogP contribution is 2.29. The number of para-hydroxylation sites is 2. The van der Waals surface area contributed by atoms with Gasteiger partial charge in [-0.1, -0.05) is 12.1 Å². The van der Waals surface area contributed by atoms with Crippen LogP contribution in [0.1, 0.15) is 5.56 Å². The number of nitrogens with one attached hydrogen (secondary N) is 1. The van der Waals surface area contributed by atoms with Crippen molar-refractivity contribution in [3.8, 4) is 11.8 Å². The highest BCUT2D eigenvalue weighted by atomic mass is 19.3. The van der Waals surface area contributed by atoms with Crippen molar-refractivity contribution in [3.63, 3.8) is 0 Å². The lowest BCUT2D eigenvalue weighted by molar-refractivity contribution is -0.0493. The quantitative estimate of drug-likeness (QED) is 0.917. The third kappa shape index (κ3) is 3.20. The van der Waals surface area contributed by atoms with Crippen molar-refractivity contribution in [2.24, 2.45) is 0 Å². The van der Waals surface area contributed by atoms with Gasteiger partial charge < -0.3 is 10.1 Å². The Kier molecular flexibility index (Phi) is 4.11. The van der Waals surface area contributed by atoms with Gasteiger partial charge in [0.1, 0.15) is 11.6 Å². The van der Waals surface area contributed by atoms with Crippen LogP contribution in [0.4, 0.5) is 24.5 Å². The molecule has 102 valence electrons. The molecule has 0 fully saturated rings. The Balaban J connectivity index is 2.28. The second kappa shape index (κ2) is 5.97. The van der Waals surface area contributed by atoms with E-state index in [1.54, 1.807) is 12.1 Å². The van der Waals surface area contributed by atoms with Gasteiger partial charge in [0.25, 0.3) is 0 Å². The zero-order valence-electron chi connectivity index (χ0n) is 10.1. The second-order valence-corrected chi connectivity index (χ2v) is 3.81. The van der Waals surface area contributed by atoms with Crippen molar-refractivity contribution >= 4 is 11.4 Å². The number of hydrogen-bond donors (Lipinski definition) is 1. The van der Waals surface area contributed by atoms with Crippen molar-refractivity contribution < 1.29 is 17.9 Å². The van der Waals surface area contributed by atoms with E-state index in [0.717, 1.165) is 6.07 Å². The van der Waals surface area contributed by atoms with E-state index in [0.29, 0.717) is 0 Å². The van der Waals surface area contributed by atoms with Gasteiger partial charge in [-0.3, -0.25) is 0 Å². The molecular formula is C14H9F3N2O.